The summed E-state index contributed by atoms with van der Waals surface area (Å²) in [5.74, 6) is 0.0741. The van der Waals surface area contributed by atoms with Gasteiger partial charge in [-0.2, -0.15) is 0 Å². The summed E-state index contributed by atoms with van der Waals surface area (Å²) in [7, 11) is 0. The smallest absolute Gasteiger partial charge is 0.263 e. The van der Waals surface area contributed by atoms with E-state index in [0.717, 1.165) is 46.3 Å². The fourth-order valence-corrected chi connectivity index (χ4v) is 5.76. The lowest BCUT2D eigenvalue weighted by atomic mass is 10.1. The van der Waals surface area contributed by atoms with Crippen LogP contribution in [-0.2, 0) is 24.2 Å². The maximum absolute atomic E-state index is 13.1. The van der Waals surface area contributed by atoms with Crippen LogP contribution < -0.4 is 10.9 Å². The number of hydrogen-bond donors (Lipinski definition) is 1. The number of nitrogens with zero attached hydrogens (tertiary/aromatic N) is 2. The molecule has 0 bridgehead atoms. The Balaban J connectivity index is 1.59. The fraction of sp³-hybridized carbons (Fsp3) is 0.318. The van der Waals surface area contributed by atoms with Crippen LogP contribution in [0.2, 0.25) is 0 Å². The predicted octanol–water partition coefficient (Wildman–Crippen LogP) is 4.48. The summed E-state index contributed by atoms with van der Waals surface area (Å²) in [6.07, 6.45) is 4.78. The first-order valence-corrected chi connectivity index (χ1v) is 11.4. The van der Waals surface area contributed by atoms with Crippen molar-refractivity contribution in [3.63, 3.8) is 0 Å². The van der Waals surface area contributed by atoms with Crippen molar-refractivity contribution in [3.05, 3.63) is 62.8 Å². The minimum atomic E-state index is -0.114. The van der Waals surface area contributed by atoms with Gasteiger partial charge in [-0.25, -0.2) is 4.98 Å². The van der Waals surface area contributed by atoms with E-state index in [1.165, 1.54) is 22.2 Å². The number of amides is 1. The first kappa shape index (κ1) is 19.9. The van der Waals surface area contributed by atoms with Crippen molar-refractivity contribution in [2.75, 3.05) is 11.1 Å². The Kier molecular flexibility index (Phi) is 5.61. The Morgan fingerprint density at radius 1 is 1.38 bits per heavy atom. The third kappa shape index (κ3) is 3.89. The molecule has 2 heterocycles. The number of rotatable bonds is 6. The van der Waals surface area contributed by atoms with E-state index < -0.39 is 0 Å². The zero-order valence-corrected chi connectivity index (χ0v) is 18.2. The van der Waals surface area contributed by atoms with Crippen LogP contribution in [0.3, 0.4) is 0 Å². The lowest BCUT2D eigenvalue weighted by Gasteiger charge is -2.12. The molecule has 150 valence electrons. The van der Waals surface area contributed by atoms with Crippen molar-refractivity contribution in [2.45, 2.75) is 44.8 Å². The summed E-state index contributed by atoms with van der Waals surface area (Å²) in [6.45, 7) is 8.12. The van der Waals surface area contributed by atoms with Crippen LogP contribution in [0.15, 0.2) is 40.8 Å². The molecule has 0 fully saturated rings. The molecule has 29 heavy (non-hydrogen) atoms. The number of carbonyl (C=O) groups is 1. The van der Waals surface area contributed by atoms with Gasteiger partial charge in [-0.15, -0.1) is 17.9 Å². The quantitative estimate of drug-likeness (QED) is 0.359. The molecule has 1 aromatic carbocycles. The zero-order chi connectivity index (χ0) is 20.5. The van der Waals surface area contributed by atoms with Crippen LogP contribution in [-0.4, -0.2) is 21.2 Å². The second-order valence-electron chi connectivity index (χ2n) is 7.29. The minimum Gasteiger partial charge on any atom is -0.325 e. The highest BCUT2D eigenvalue weighted by atomic mass is 32.2. The number of fused-ring (bicyclic) bond motifs is 3. The average Bonchev–Trinajstić information content (AvgIpc) is 3.26. The normalized spacial score (nSPS) is 12.9. The largest absolute Gasteiger partial charge is 0.325 e. The molecule has 4 rings (SSSR count). The van der Waals surface area contributed by atoms with Crippen LogP contribution in [0, 0.1) is 13.8 Å². The summed E-state index contributed by atoms with van der Waals surface area (Å²) in [4.78, 5) is 32.5. The number of hydrogen-bond acceptors (Lipinski definition) is 5. The summed E-state index contributed by atoms with van der Waals surface area (Å²) in [5, 5.41) is 4.29. The van der Waals surface area contributed by atoms with Gasteiger partial charge in [0, 0.05) is 17.1 Å². The van der Waals surface area contributed by atoms with E-state index in [-0.39, 0.29) is 17.2 Å². The summed E-state index contributed by atoms with van der Waals surface area (Å²) in [5.41, 5.74) is 4.08. The van der Waals surface area contributed by atoms with Gasteiger partial charge >= 0.3 is 0 Å². The highest BCUT2D eigenvalue weighted by molar-refractivity contribution is 7.99. The molecule has 0 radical (unpaired) electrons. The molecule has 1 aliphatic carbocycles. The number of aromatic nitrogens is 2. The van der Waals surface area contributed by atoms with Crippen molar-refractivity contribution in [3.8, 4) is 0 Å². The average molecular weight is 426 g/mol. The first-order chi connectivity index (χ1) is 14.0. The standard InChI is InChI=1S/C22H23N3O2S2/c1-4-10-25-21(27)19-15-6-5-7-17(15)29-20(19)24-22(25)28-12-18(26)23-16-11-13(2)8-9-14(16)3/h4,8-9,11H,1,5-7,10,12H2,2-3H3,(H,23,26). The van der Waals surface area contributed by atoms with Crippen molar-refractivity contribution in [1.82, 2.24) is 9.55 Å². The van der Waals surface area contributed by atoms with E-state index in [2.05, 4.69) is 11.9 Å². The Morgan fingerprint density at radius 2 is 2.21 bits per heavy atom. The van der Waals surface area contributed by atoms with E-state index in [9.17, 15) is 9.59 Å². The number of anilines is 1. The molecular formula is C22H23N3O2S2. The third-order valence-electron chi connectivity index (χ3n) is 5.10. The molecule has 0 saturated carbocycles. The van der Waals surface area contributed by atoms with Gasteiger partial charge in [0.25, 0.3) is 5.56 Å². The minimum absolute atomic E-state index is 0.0215. The number of benzene rings is 1. The Bertz CT molecular complexity index is 1180. The molecule has 0 aliphatic heterocycles. The van der Waals surface area contributed by atoms with E-state index in [4.69, 9.17) is 4.98 Å². The Labute approximate surface area is 177 Å². The van der Waals surface area contributed by atoms with Crippen molar-refractivity contribution < 1.29 is 4.79 Å². The fourth-order valence-electron chi connectivity index (χ4n) is 3.65. The zero-order valence-electron chi connectivity index (χ0n) is 16.6. The highest BCUT2D eigenvalue weighted by Gasteiger charge is 2.23. The summed E-state index contributed by atoms with van der Waals surface area (Å²) in [6, 6.07) is 5.97. The molecule has 0 spiro atoms. The van der Waals surface area contributed by atoms with Crippen molar-refractivity contribution in [1.29, 1.82) is 0 Å². The van der Waals surface area contributed by atoms with E-state index in [1.54, 1.807) is 22.0 Å². The van der Waals surface area contributed by atoms with Gasteiger partial charge in [0.05, 0.1) is 11.1 Å². The molecule has 1 aliphatic rings. The van der Waals surface area contributed by atoms with Crippen LogP contribution >= 0.6 is 23.1 Å². The first-order valence-electron chi connectivity index (χ1n) is 9.64. The van der Waals surface area contributed by atoms with Crippen LogP contribution in [0.4, 0.5) is 5.69 Å². The number of aryl methyl sites for hydroxylation is 4. The van der Waals surface area contributed by atoms with E-state index in [0.29, 0.717) is 11.7 Å². The van der Waals surface area contributed by atoms with Gasteiger partial charge in [0.2, 0.25) is 5.91 Å². The third-order valence-corrected chi connectivity index (χ3v) is 7.26. The molecular weight excluding hydrogens is 402 g/mol. The predicted molar refractivity (Wildman–Crippen MR) is 121 cm³/mol. The molecule has 0 atom stereocenters. The topological polar surface area (TPSA) is 64.0 Å². The SMILES string of the molecule is C=CCn1c(SCC(=O)Nc2cc(C)ccc2C)nc2sc3c(c2c1=O)CCC3. The monoisotopic (exact) mass is 425 g/mol. The number of thiophene rings is 1. The maximum Gasteiger partial charge on any atom is 0.263 e. The summed E-state index contributed by atoms with van der Waals surface area (Å²) >= 11 is 2.91. The van der Waals surface area contributed by atoms with Gasteiger partial charge in [0.1, 0.15) is 4.83 Å². The van der Waals surface area contributed by atoms with Gasteiger partial charge in [-0.1, -0.05) is 30.0 Å². The lowest BCUT2D eigenvalue weighted by Crippen LogP contribution is -2.24. The van der Waals surface area contributed by atoms with Crippen LogP contribution in [0.25, 0.3) is 10.2 Å². The molecule has 0 saturated heterocycles. The molecule has 1 N–H and O–H groups in total. The van der Waals surface area contributed by atoms with Crippen LogP contribution in [0.5, 0.6) is 0 Å². The second kappa shape index (κ2) is 8.16. The molecule has 7 heteroatoms. The van der Waals surface area contributed by atoms with Gasteiger partial charge < -0.3 is 5.32 Å². The number of nitrogens with one attached hydrogen (secondary N) is 1. The van der Waals surface area contributed by atoms with Gasteiger partial charge in [0.15, 0.2) is 5.16 Å². The Morgan fingerprint density at radius 3 is 3.00 bits per heavy atom. The van der Waals surface area contributed by atoms with Crippen LogP contribution in [0.1, 0.15) is 28.0 Å². The lowest BCUT2D eigenvalue weighted by molar-refractivity contribution is -0.113. The van der Waals surface area contributed by atoms with E-state index in [1.807, 2.05) is 32.0 Å². The van der Waals surface area contributed by atoms with Crippen molar-refractivity contribution in [2.24, 2.45) is 0 Å². The number of carbonyl (C=O) groups excluding carboxylic acids is 1. The molecule has 2 aromatic heterocycles. The number of thioether (sulfide) groups is 1. The molecule has 0 unspecified atom stereocenters. The summed E-state index contributed by atoms with van der Waals surface area (Å²) < 4.78 is 1.64. The highest BCUT2D eigenvalue weighted by Crippen LogP contribution is 2.35. The van der Waals surface area contributed by atoms with Gasteiger partial charge in [-0.05, 0) is 55.9 Å². The van der Waals surface area contributed by atoms with Crippen molar-refractivity contribution >= 4 is 44.9 Å². The molecule has 5 nitrogen and oxygen atoms in total. The second-order valence-corrected chi connectivity index (χ2v) is 9.32. The van der Waals surface area contributed by atoms with E-state index >= 15 is 0 Å². The maximum atomic E-state index is 13.1. The Hall–Kier alpha value is -2.38. The molecule has 1 amide bonds. The number of allylic oxidation sites excluding steroid dienone is 1. The van der Waals surface area contributed by atoms with Gasteiger partial charge in [-0.3, -0.25) is 14.2 Å². The molecule has 3 aromatic rings.